The zero-order chi connectivity index (χ0) is 18.1. The van der Waals surface area contributed by atoms with E-state index in [1.165, 1.54) is 0 Å². The van der Waals surface area contributed by atoms with Crippen LogP contribution in [0.1, 0.15) is 19.4 Å². The molecular weight excluding hydrogens is 318 g/mol. The van der Waals surface area contributed by atoms with Crippen molar-refractivity contribution >= 4 is 18.5 Å². The number of allylic oxidation sites excluding steroid dienone is 3. The molecule has 1 fully saturated rings. The second-order valence-corrected chi connectivity index (χ2v) is 5.56. The van der Waals surface area contributed by atoms with Gasteiger partial charge in [-0.3, -0.25) is 9.59 Å². The predicted octanol–water partition coefficient (Wildman–Crippen LogP) is 1.43. The van der Waals surface area contributed by atoms with E-state index in [0.29, 0.717) is 24.0 Å². The lowest BCUT2D eigenvalue weighted by Gasteiger charge is -2.27. The molecule has 25 heavy (non-hydrogen) atoms. The van der Waals surface area contributed by atoms with Gasteiger partial charge < -0.3 is 15.0 Å². The smallest absolute Gasteiger partial charge is 0.211 e. The van der Waals surface area contributed by atoms with Crippen LogP contribution in [0.4, 0.5) is 5.82 Å². The van der Waals surface area contributed by atoms with Crippen LogP contribution in [-0.4, -0.2) is 44.0 Å². The summed E-state index contributed by atoms with van der Waals surface area (Å²) in [4.78, 5) is 28.1. The molecule has 0 radical (unpaired) electrons. The van der Waals surface area contributed by atoms with Crippen molar-refractivity contribution in [2.45, 2.75) is 13.8 Å². The van der Waals surface area contributed by atoms with Crippen molar-refractivity contribution in [3.63, 3.8) is 0 Å². The van der Waals surface area contributed by atoms with Gasteiger partial charge in [-0.15, -0.1) is 0 Å². The molecular formula is C19H21N3O3. The number of nitrogens with one attached hydrogen (secondary N) is 1. The molecule has 1 aliphatic heterocycles. The highest BCUT2D eigenvalue weighted by Gasteiger charge is 2.11. The number of aldehydes is 1. The van der Waals surface area contributed by atoms with E-state index in [2.05, 4.69) is 27.0 Å². The van der Waals surface area contributed by atoms with Crippen molar-refractivity contribution in [2.24, 2.45) is 0 Å². The Morgan fingerprint density at radius 3 is 2.64 bits per heavy atom. The number of amides is 1. The molecule has 2 heterocycles. The molecule has 6 nitrogen and oxygen atoms in total. The summed E-state index contributed by atoms with van der Waals surface area (Å²) >= 11 is 0. The maximum atomic E-state index is 10.8. The van der Waals surface area contributed by atoms with Gasteiger partial charge in [0.2, 0.25) is 6.41 Å². The molecule has 130 valence electrons. The van der Waals surface area contributed by atoms with Crippen LogP contribution in [0.25, 0.3) is 0 Å². The van der Waals surface area contributed by atoms with E-state index in [1.807, 2.05) is 19.1 Å². The van der Waals surface area contributed by atoms with Crippen LogP contribution in [0.2, 0.25) is 0 Å². The summed E-state index contributed by atoms with van der Waals surface area (Å²) in [6.07, 6.45) is 4.63. The topological polar surface area (TPSA) is 71.5 Å². The number of hydrogen-bond donors (Lipinski definition) is 1. The molecule has 1 N–H and O–H groups in total. The Balaban J connectivity index is 2.10. The van der Waals surface area contributed by atoms with Crippen LogP contribution >= 0.6 is 0 Å². The van der Waals surface area contributed by atoms with Crippen molar-refractivity contribution in [1.82, 2.24) is 10.3 Å². The van der Waals surface area contributed by atoms with Gasteiger partial charge in [-0.05, 0) is 32.1 Å². The van der Waals surface area contributed by atoms with Gasteiger partial charge in [0.15, 0.2) is 0 Å². The molecule has 0 saturated carbocycles. The van der Waals surface area contributed by atoms with E-state index < -0.39 is 0 Å². The average Bonchev–Trinajstić information content (AvgIpc) is 2.66. The summed E-state index contributed by atoms with van der Waals surface area (Å²) in [7, 11) is 0. The number of carbonyl (C=O) groups is 2. The summed E-state index contributed by atoms with van der Waals surface area (Å²) in [5.74, 6) is 6.94. The van der Waals surface area contributed by atoms with E-state index in [-0.39, 0.29) is 0 Å². The van der Waals surface area contributed by atoms with Crippen molar-refractivity contribution in [2.75, 3.05) is 31.2 Å². The van der Waals surface area contributed by atoms with E-state index >= 15 is 0 Å². The first-order chi connectivity index (χ1) is 12.1. The Morgan fingerprint density at radius 2 is 2.04 bits per heavy atom. The molecule has 1 aromatic heterocycles. The SMILES string of the molecule is C/C(C=O)=C(\C=C(/C)C#Cc1ccc(N2CCOCC2)nc1)NC=O. The van der Waals surface area contributed by atoms with Crippen molar-refractivity contribution in [3.05, 3.63) is 46.8 Å². The molecule has 1 saturated heterocycles. The normalized spacial score (nSPS) is 15.6. The first-order valence-electron chi connectivity index (χ1n) is 7.99. The zero-order valence-corrected chi connectivity index (χ0v) is 14.4. The number of hydrogen-bond acceptors (Lipinski definition) is 5. The Bertz CT molecular complexity index is 733. The predicted molar refractivity (Wildman–Crippen MR) is 95.9 cm³/mol. The molecule has 1 amide bonds. The summed E-state index contributed by atoms with van der Waals surface area (Å²) < 4.78 is 5.33. The van der Waals surface area contributed by atoms with Gasteiger partial charge in [-0.2, -0.15) is 0 Å². The molecule has 0 atom stereocenters. The van der Waals surface area contributed by atoms with Gasteiger partial charge >= 0.3 is 0 Å². The highest BCUT2D eigenvalue weighted by molar-refractivity contribution is 5.76. The Morgan fingerprint density at radius 1 is 1.28 bits per heavy atom. The number of nitrogens with zero attached hydrogens (tertiary/aromatic N) is 2. The molecule has 1 aliphatic rings. The number of pyridine rings is 1. The Kier molecular flexibility index (Phi) is 6.93. The number of carbonyl (C=O) groups excluding carboxylic acids is 2. The zero-order valence-electron chi connectivity index (χ0n) is 14.4. The monoisotopic (exact) mass is 339 g/mol. The number of morpholine rings is 1. The minimum Gasteiger partial charge on any atom is -0.378 e. The standard InChI is InChI=1S/C19H21N3O3/c1-15(11-18(21-14-24)16(2)13-23)3-4-17-5-6-19(20-12-17)22-7-9-25-10-8-22/h5-6,11-14H,7-10H2,1-2H3,(H,21,24)/b15-11+,18-16-. The Labute approximate surface area is 147 Å². The highest BCUT2D eigenvalue weighted by Crippen LogP contribution is 2.12. The second kappa shape index (κ2) is 9.40. The minimum absolute atomic E-state index is 0.435. The summed E-state index contributed by atoms with van der Waals surface area (Å²) in [6, 6.07) is 3.87. The van der Waals surface area contributed by atoms with Crippen LogP contribution in [0, 0.1) is 11.8 Å². The maximum Gasteiger partial charge on any atom is 0.211 e. The number of anilines is 1. The molecule has 6 heteroatoms. The molecule has 0 aliphatic carbocycles. The average molecular weight is 339 g/mol. The fourth-order valence-corrected chi connectivity index (χ4v) is 2.26. The summed E-state index contributed by atoms with van der Waals surface area (Å²) in [5, 5.41) is 2.50. The molecule has 0 aromatic carbocycles. The number of ether oxygens (including phenoxy) is 1. The molecule has 0 unspecified atom stereocenters. The van der Waals surface area contributed by atoms with Crippen molar-refractivity contribution < 1.29 is 14.3 Å². The summed E-state index contributed by atoms with van der Waals surface area (Å²) in [5.41, 5.74) is 2.40. The first kappa shape index (κ1) is 18.4. The highest BCUT2D eigenvalue weighted by atomic mass is 16.5. The first-order valence-corrected chi connectivity index (χ1v) is 7.99. The maximum absolute atomic E-state index is 10.8. The van der Waals surface area contributed by atoms with Crippen LogP contribution in [0.3, 0.4) is 0 Å². The molecule has 0 spiro atoms. The fraction of sp³-hybridized carbons (Fsp3) is 0.316. The largest absolute Gasteiger partial charge is 0.378 e. The summed E-state index contributed by atoms with van der Waals surface area (Å²) in [6.45, 7) is 6.57. The van der Waals surface area contributed by atoms with E-state index in [1.54, 1.807) is 19.2 Å². The van der Waals surface area contributed by atoms with Crippen LogP contribution in [-0.2, 0) is 14.3 Å². The van der Waals surface area contributed by atoms with Crippen molar-refractivity contribution in [1.29, 1.82) is 0 Å². The third-order valence-corrected chi connectivity index (χ3v) is 3.66. The van der Waals surface area contributed by atoms with Gasteiger partial charge in [0.1, 0.15) is 12.1 Å². The molecule has 1 aromatic rings. The van der Waals surface area contributed by atoms with Gasteiger partial charge in [0, 0.05) is 41.7 Å². The van der Waals surface area contributed by atoms with Crippen LogP contribution in [0.15, 0.2) is 41.2 Å². The van der Waals surface area contributed by atoms with Gasteiger partial charge in [0.25, 0.3) is 0 Å². The quantitative estimate of drug-likeness (QED) is 0.380. The Hall–Kier alpha value is -2.91. The lowest BCUT2D eigenvalue weighted by molar-refractivity contribution is -0.108. The molecule has 2 rings (SSSR count). The second-order valence-electron chi connectivity index (χ2n) is 5.56. The van der Waals surface area contributed by atoms with Gasteiger partial charge in [-0.25, -0.2) is 4.98 Å². The van der Waals surface area contributed by atoms with Crippen LogP contribution < -0.4 is 10.2 Å². The third kappa shape index (κ3) is 5.59. The minimum atomic E-state index is 0.435. The lowest BCUT2D eigenvalue weighted by atomic mass is 10.1. The third-order valence-electron chi connectivity index (χ3n) is 3.66. The van der Waals surface area contributed by atoms with E-state index in [0.717, 1.165) is 43.3 Å². The molecule has 0 bridgehead atoms. The van der Waals surface area contributed by atoms with Gasteiger partial charge in [0.05, 0.1) is 13.2 Å². The fourth-order valence-electron chi connectivity index (χ4n) is 2.26. The van der Waals surface area contributed by atoms with E-state index in [4.69, 9.17) is 4.74 Å². The van der Waals surface area contributed by atoms with E-state index in [9.17, 15) is 9.59 Å². The number of rotatable bonds is 5. The van der Waals surface area contributed by atoms with Crippen LogP contribution in [0.5, 0.6) is 0 Å². The number of aromatic nitrogens is 1. The lowest BCUT2D eigenvalue weighted by Crippen LogP contribution is -2.36. The van der Waals surface area contributed by atoms with Crippen molar-refractivity contribution in [3.8, 4) is 11.8 Å². The van der Waals surface area contributed by atoms with Gasteiger partial charge in [-0.1, -0.05) is 11.8 Å².